The molecule has 0 bridgehead atoms. The molecule has 190 valence electrons. The molecule has 10 nitrogen and oxygen atoms in total. The number of benzene rings is 1. The molecule has 1 fully saturated rings. The van der Waals surface area contributed by atoms with Gasteiger partial charge in [-0.2, -0.15) is 5.10 Å². The number of methoxy groups -OCH3 is 2. The summed E-state index contributed by atoms with van der Waals surface area (Å²) in [5.74, 6) is 0.812. The van der Waals surface area contributed by atoms with Gasteiger partial charge in [-0.05, 0) is 38.3 Å². The van der Waals surface area contributed by atoms with E-state index in [0.29, 0.717) is 37.7 Å². The van der Waals surface area contributed by atoms with E-state index in [1.807, 2.05) is 18.5 Å². The molecular formula is C24H33N5O5S. The predicted molar refractivity (Wildman–Crippen MR) is 134 cm³/mol. The highest BCUT2D eigenvalue weighted by molar-refractivity contribution is 7.89. The first-order valence-electron chi connectivity index (χ1n) is 11.8. The quantitative estimate of drug-likeness (QED) is 0.434. The Morgan fingerprint density at radius 2 is 1.89 bits per heavy atom. The third-order valence-corrected chi connectivity index (χ3v) is 7.68. The van der Waals surface area contributed by atoms with Gasteiger partial charge in [0.05, 0.1) is 36.4 Å². The molecule has 35 heavy (non-hydrogen) atoms. The van der Waals surface area contributed by atoms with E-state index in [9.17, 15) is 8.42 Å². The van der Waals surface area contributed by atoms with Crippen molar-refractivity contribution in [1.29, 1.82) is 0 Å². The highest BCUT2D eigenvalue weighted by Crippen LogP contribution is 2.32. The summed E-state index contributed by atoms with van der Waals surface area (Å²) in [4.78, 5) is 4.96. The Morgan fingerprint density at radius 3 is 2.54 bits per heavy atom. The number of rotatable bonds is 10. The average molecular weight is 504 g/mol. The lowest BCUT2D eigenvalue weighted by atomic mass is 10.0. The first-order chi connectivity index (χ1) is 16.9. The minimum atomic E-state index is -3.83. The van der Waals surface area contributed by atoms with Crippen molar-refractivity contribution in [2.24, 2.45) is 0 Å². The Morgan fingerprint density at radius 1 is 1.14 bits per heavy atom. The largest absolute Gasteiger partial charge is 0.493 e. The zero-order valence-corrected chi connectivity index (χ0v) is 21.4. The molecule has 3 heterocycles. The molecule has 0 amide bonds. The minimum absolute atomic E-state index is 0.0889. The van der Waals surface area contributed by atoms with E-state index in [2.05, 4.69) is 15.1 Å². The fourth-order valence-corrected chi connectivity index (χ4v) is 5.35. The van der Waals surface area contributed by atoms with Crippen molar-refractivity contribution in [2.75, 3.05) is 32.8 Å². The van der Waals surface area contributed by atoms with E-state index in [-0.39, 0.29) is 17.5 Å². The number of nitrogens with one attached hydrogen (secondary N) is 2. The third kappa shape index (κ3) is 5.21. The Labute approximate surface area is 206 Å². The van der Waals surface area contributed by atoms with Crippen LogP contribution < -0.4 is 19.5 Å². The van der Waals surface area contributed by atoms with Crippen LogP contribution in [0, 0.1) is 0 Å². The van der Waals surface area contributed by atoms with E-state index < -0.39 is 10.0 Å². The second-order valence-corrected chi connectivity index (χ2v) is 10.1. The summed E-state index contributed by atoms with van der Waals surface area (Å²) >= 11 is 0. The van der Waals surface area contributed by atoms with Crippen LogP contribution in [0.3, 0.4) is 0 Å². The topological polar surface area (TPSA) is 117 Å². The molecule has 1 saturated heterocycles. The SMILES string of the molecule is CCc1nc2c(cnn2CC)c(NC2CCOCC2)c1CNS(=O)(=O)c1ccc(OC)c(OC)c1. The van der Waals surface area contributed by atoms with Crippen molar-refractivity contribution in [3.05, 3.63) is 35.7 Å². The number of nitrogens with zero attached hydrogens (tertiary/aromatic N) is 3. The zero-order valence-electron chi connectivity index (χ0n) is 20.6. The van der Waals surface area contributed by atoms with Gasteiger partial charge in [-0.25, -0.2) is 22.8 Å². The first-order valence-corrected chi connectivity index (χ1v) is 13.3. The number of ether oxygens (including phenoxy) is 3. The molecule has 0 spiro atoms. The first kappa shape index (κ1) is 25.2. The maximum Gasteiger partial charge on any atom is 0.241 e. The maximum absolute atomic E-state index is 13.2. The van der Waals surface area contributed by atoms with Gasteiger partial charge in [0.25, 0.3) is 0 Å². The monoisotopic (exact) mass is 503 g/mol. The molecule has 0 unspecified atom stereocenters. The van der Waals surface area contributed by atoms with E-state index >= 15 is 0 Å². The van der Waals surface area contributed by atoms with Crippen molar-refractivity contribution >= 4 is 26.7 Å². The number of hydrogen-bond donors (Lipinski definition) is 2. The Kier molecular flexibility index (Phi) is 7.78. The summed E-state index contributed by atoms with van der Waals surface area (Å²) in [7, 11) is -0.845. The van der Waals surface area contributed by atoms with Crippen LogP contribution in [0.4, 0.5) is 5.69 Å². The van der Waals surface area contributed by atoms with Gasteiger partial charge in [0, 0.05) is 49.7 Å². The van der Waals surface area contributed by atoms with Crippen LogP contribution >= 0.6 is 0 Å². The fourth-order valence-electron chi connectivity index (χ4n) is 4.33. The van der Waals surface area contributed by atoms with Crippen LogP contribution in [0.2, 0.25) is 0 Å². The standard InChI is InChI=1S/C24H33N5O5S/c1-5-20-18(15-26-35(30,31)17-7-8-21(32-3)22(13-17)33-4)23(27-16-9-11-34-12-10-16)19-14-25-29(6-2)24(19)28-20/h7-8,13-14,16,26H,5-6,9-12,15H2,1-4H3,(H,27,28). The molecule has 11 heteroatoms. The summed E-state index contributed by atoms with van der Waals surface area (Å²) < 4.78 is 47.1. The molecule has 0 saturated carbocycles. The van der Waals surface area contributed by atoms with Crippen LogP contribution in [0.1, 0.15) is 37.9 Å². The highest BCUT2D eigenvalue weighted by atomic mass is 32.2. The Bertz CT molecular complexity index is 1290. The molecular weight excluding hydrogens is 470 g/mol. The summed E-state index contributed by atoms with van der Waals surface area (Å²) in [6, 6.07) is 4.76. The van der Waals surface area contributed by atoms with Gasteiger partial charge in [-0.15, -0.1) is 0 Å². The smallest absolute Gasteiger partial charge is 0.241 e. The number of hydrogen-bond acceptors (Lipinski definition) is 8. The zero-order chi connectivity index (χ0) is 25.0. The lowest BCUT2D eigenvalue weighted by molar-refractivity contribution is 0.0904. The molecule has 0 aliphatic carbocycles. The number of pyridine rings is 1. The van der Waals surface area contributed by atoms with E-state index in [0.717, 1.165) is 40.8 Å². The van der Waals surface area contributed by atoms with Crippen molar-refractivity contribution in [2.45, 2.75) is 57.1 Å². The van der Waals surface area contributed by atoms with Crippen molar-refractivity contribution in [3.63, 3.8) is 0 Å². The van der Waals surface area contributed by atoms with Crippen LogP contribution in [0.25, 0.3) is 11.0 Å². The summed E-state index contributed by atoms with van der Waals surface area (Å²) in [5, 5.41) is 9.06. The lowest BCUT2D eigenvalue weighted by Gasteiger charge is -2.26. The lowest BCUT2D eigenvalue weighted by Crippen LogP contribution is -2.30. The van der Waals surface area contributed by atoms with Crippen LogP contribution in [-0.2, 0) is 34.3 Å². The van der Waals surface area contributed by atoms with Crippen molar-refractivity contribution in [1.82, 2.24) is 19.5 Å². The molecule has 2 N–H and O–H groups in total. The van der Waals surface area contributed by atoms with Gasteiger partial charge in [-0.3, -0.25) is 0 Å². The highest BCUT2D eigenvalue weighted by Gasteiger charge is 2.24. The van der Waals surface area contributed by atoms with Gasteiger partial charge >= 0.3 is 0 Å². The molecule has 0 radical (unpaired) electrons. The van der Waals surface area contributed by atoms with Gasteiger partial charge in [0.15, 0.2) is 17.1 Å². The van der Waals surface area contributed by atoms with Crippen molar-refractivity contribution in [3.8, 4) is 11.5 Å². The molecule has 0 atom stereocenters. The van der Waals surface area contributed by atoms with Crippen LogP contribution in [-0.4, -0.2) is 56.7 Å². The second kappa shape index (κ2) is 10.8. The summed E-state index contributed by atoms with van der Waals surface area (Å²) in [6.07, 6.45) is 4.22. The Balaban J connectivity index is 1.71. The average Bonchev–Trinajstić information content (AvgIpc) is 3.30. The maximum atomic E-state index is 13.2. The van der Waals surface area contributed by atoms with Gasteiger partial charge in [0.2, 0.25) is 10.0 Å². The van der Waals surface area contributed by atoms with E-state index in [4.69, 9.17) is 19.2 Å². The molecule has 3 aromatic rings. The number of anilines is 1. The normalized spacial score (nSPS) is 14.9. The summed E-state index contributed by atoms with van der Waals surface area (Å²) in [5.41, 5.74) is 3.34. The fraction of sp³-hybridized carbons (Fsp3) is 0.500. The van der Waals surface area contributed by atoms with Crippen LogP contribution in [0.5, 0.6) is 11.5 Å². The molecule has 1 aromatic carbocycles. The molecule has 4 rings (SSSR count). The molecule has 1 aliphatic heterocycles. The van der Waals surface area contributed by atoms with E-state index in [1.165, 1.54) is 26.4 Å². The summed E-state index contributed by atoms with van der Waals surface area (Å²) in [6.45, 7) is 6.22. The Hall–Kier alpha value is -2.89. The number of aromatic nitrogens is 3. The predicted octanol–water partition coefficient (Wildman–Crippen LogP) is 3.10. The molecule has 2 aromatic heterocycles. The number of sulfonamides is 1. The second-order valence-electron chi connectivity index (χ2n) is 8.34. The minimum Gasteiger partial charge on any atom is -0.493 e. The number of aryl methyl sites for hydroxylation is 2. The van der Waals surface area contributed by atoms with Crippen molar-refractivity contribution < 1.29 is 22.6 Å². The molecule has 1 aliphatic rings. The van der Waals surface area contributed by atoms with Gasteiger partial charge in [-0.1, -0.05) is 6.92 Å². The van der Waals surface area contributed by atoms with Gasteiger partial charge < -0.3 is 19.5 Å². The third-order valence-electron chi connectivity index (χ3n) is 6.28. The van der Waals surface area contributed by atoms with Crippen LogP contribution in [0.15, 0.2) is 29.3 Å². The number of fused-ring (bicyclic) bond motifs is 1. The van der Waals surface area contributed by atoms with E-state index in [1.54, 1.807) is 12.3 Å². The van der Waals surface area contributed by atoms with Gasteiger partial charge in [0.1, 0.15) is 0 Å².